The van der Waals surface area contributed by atoms with Crippen molar-refractivity contribution in [1.82, 2.24) is 0 Å². The molecule has 1 amide bonds. The Morgan fingerprint density at radius 3 is 2.75 bits per heavy atom. The Morgan fingerprint density at radius 2 is 2.12 bits per heavy atom. The third-order valence-electron chi connectivity index (χ3n) is 3.00. The fourth-order valence-corrected chi connectivity index (χ4v) is 2.11. The van der Waals surface area contributed by atoms with Crippen molar-refractivity contribution in [3.8, 4) is 11.5 Å². The third-order valence-corrected chi connectivity index (χ3v) is 3.23. The molecule has 0 atom stereocenters. The lowest BCUT2D eigenvalue weighted by Gasteiger charge is -2.10. The molecule has 0 spiro atoms. The number of nitro groups is 1. The Morgan fingerprint density at radius 1 is 1.42 bits per heavy atom. The lowest BCUT2D eigenvalue weighted by Crippen LogP contribution is -2.14. The normalized spacial score (nSPS) is 10.3. The minimum Gasteiger partial charge on any atom is -0.507 e. The van der Waals surface area contributed by atoms with Crippen LogP contribution < -0.4 is 10.1 Å². The Labute approximate surface area is 140 Å². The number of aromatic hydroxyl groups is 1. The molecule has 2 N–H and O–H groups in total. The number of amides is 1. The number of halogens is 2. The molecule has 0 fully saturated rings. The van der Waals surface area contributed by atoms with Crippen molar-refractivity contribution in [2.24, 2.45) is 0 Å². The summed E-state index contributed by atoms with van der Waals surface area (Å²) in [5.41, 5.74) is -1.10. The van der Waals surface area contributed by atoms with Gasteiger partial charge in [0.1, 0.15) is 11.4 Å². The fourth-order valence-electron chi connectivity index (χ4n) is 1.94. The number of nitrogens with one attached hydrogen (secondary N) is 1. The van der Waals surface area contributed by atoms with Crippen molar-refractivity contribution in [2.75, 3.05) is 11.9 Å². The van der Waals surface area contributed by atoms with Crippen LogP contribution in [0.25, 0.3) is 0 Å². The third kappa shape index (κ3) is 3.72. The van der Waals surface area contributed by atoms with Crippen LogP contribution in [0.4, 0.5) is 15.8 Å². The van der Waals surface area contributed by atoms with Gasteiger partial charge in [0.25, 0.3) is 11.6 Å². The number of phenols is 1. The van der Waals surface area contributed by atoms with Gasteiger partial charge in [0.05, 0.1) is 23.2 Å². The Bertz CT molecular complexity index is 813. The molecular formula is C15H12ClFN2O5. The SMILES string of the molecule is CCOc1cc(NC(=O)c2cc(Cl)ccc2O)c([N+](=O)[O-])cc1F. The first-order valence-electron chi connectivity index (χ1n) is 6.74. The van der Waals surface area contributed by atoms with E-state index in [1.54, 1.807) is 6.92 Å². The number of carbonyl (C=O) groups is 1. The lowest BCUT2D eigenvalue weighted by atomic mass is 10.1. The monoisotopic (exact) mass is 354 g/mol. The number of benzene rings is 2. The number of phenolic OH excluding ortho intramolecular Hbond substituents is 1. The first-order valence-corrected chi connectivity index (χ1v) is 7.12. The molecule has 0 heterocycles. The quantitative estimate of drug-likeness (QED) is 0.629. The second-order valence-electron chi connectivity index (χ2n) is 4.61. The van der Waals surface area contributed by atoms with Crippen LogP contribution in [-0.4, -0.2) is 22.5 Å². The van der Waals surface area contributed by atoms with Crippen LogP contribution in [0.2, 0.25) is 5.02 Å². The van der Waals surface area contributed by atoms with Gasteiger partial charge >= 0.3 is 0 Å². The largest absolute Gasteiger partial charge is 0.507 e. The smallest absolute Gasteiger partial charge is 0.295 e. The van der Waals surface area contributed by atoms with Crippen molar-refractivity contribution in [1.29, 1.82) is 0 Å². The van der Waals surface area contributed by atoms with Gasteiger partial charge in [0, 0.05) is 11.1 Å². The van der Waals surface area contributed by atoms with E-state index in [1.165, 1.54) is 18.2 Å². The van der Waals surface area contributed by atoms with Gasteiger partial charge in [-0.3, -0.25) is 14.9 Å². The lowest BCUT2D eigenvalue weighted by molar-refractivity contribution is -0.384. The second kappa shape index (κ2) is 7.14. The van der Waals surface area contributed by atoms with Crippen LogP contribution in [-0.2, 0) is 0 Å². The molecule has 126 valence electrons. The Balaban J connectivity index is 2.43. The first kappa shape index (κ1) is 17.5. The van der Waals surface area contributed by atoms with Crippen molar-refractivity contribution < 1.29 is 24.0 Å². The van der Waals surface area contributed by atoms with E-state index in [2.05, 4.69) is 5.32 Å². The molecule has 0 saturated carbocycles. The molecule has 0 aliphatic heterocycles. The van der Waals surface area contributed by atoms with Crippen LogP contribution in [0.5, 0.6) is 11.5 Å². The van der Waals surface area contributed by atoms with Gasteiger partial charge in [-0.2, -0.15) is 0 Å². The van der Waals surface area contributed by atoms with Crippen LogP contribution in [0, 0.1) is 15.9 Å². The highest BCUT2D eigenvalue weighted by Gasteiger charge is 2.22. The molecule has 7 nitrogen and oxygen atoms in total. The predicted molar refractivity (Wildman–Crippen MR) is 85.3 cm³/mol. The topological polar surface area (TPSA) is 102 Å². The molecule has 2 aromatic carbocycles. The summed E-state index contributed by atoms with van der Waals surface area (Å²) in [6.45, 7) is 1.75. The summed E-state index contributed by atoms with van der Waals surface area (Å²) >= 11 is 5.76. The minimum atomic E-state index is -0.924. The summed E-state index contributed by atoms with van der Waals surface area (Å²) in [5, 5.41) is 23.2. The van der Waals surface area contributed by atoms with E-state index < -0.39 is 22.3 Å². The van der Waals surface area contributed by atoms with E-state index in [4.69, 9.17) is 16.3 Å². The highest BCUT2D eigenvalue weighted by atomic mass is 35.5. The van der Waals surface area contributed by atoms with E-state index in [0.29, 0.717) is 6.07 Å². The van der Waals surface area contributed by atoms with Gasteiger partial charge in [-0.25, -0.2) is 4.39 Å². The van der Waals surface area contributed by atoms with E-state index in [0.717, 1.165) is 6.07 Å². The standard InChI is InChI=1S/C15H12ClFN2O5/c1-2-24-14-7-11(12(19(22)23)6-10(14)17)18-15(21)9-5-8(16)3-4-13(9)20/h3-7,20H,2H2,1H3,(H,18,21). The molecule has 0 radical (unpaired) electrons. The van der Waals surface area contributed by atoms with E-state index in [-0.39, 0.29) is 34.4 Å². The van der Waals surface area contributed by atoms with Gasteiger partial charge in [-0.05, 0) is 25.1 Å². The van der Waals surface area contributed by atoms with E-state index >= 15 is 0 Å². The molecule has 0 bridgehead atoms. The number of rotatable bonds is 5. The molecule has 0 unspecified atom stereocenters. The first-order chi connectivity index (χ1) is 11.3. The van der Waals surface area contributed by atoms with Crippen LogP contribution in [0.3, 0.4) is 0 Å². The Kier molecular flexibility index (Phi) is 5.20. The second-order valence-corrected chi connectivity index (χ2v) is 5.04. The zero-order valence-electron chi connectivity index (χ0n) is 12.4. The van der Waals surface area contributed by atoms with Crippen molar-refractivity contribution in [2.45, 2.75) is 6.92 Å². The molecular weight excluding hydrogens is 343 g/mol. The number of nitro benzene ring substituents is 1. The highest BCUT2D eigenvalue weighted by Crippen LogP contribution is 2.33. The Hall–Kier alpha value is -2.87. The highest BCUT2D eigenvalue weighted by molar-refractivity contribution is 6.31. The molecule has 9 heteroatoms. The summed E-state index contributed by atoms with van der Waals surface area (Å²) in [7, 11) is 0. The maximum atomic E-state index is 13.8. The average Bonchev–Trinajstić information content (AvgIpc) is 2.52. The maximum absolute atomic E-state index is 13.8. The molecule has 0 aromatic heterocycles. The molecule has 24 heavy (non-hydrogen) atoms. The number of anilines is 1. The summed E-state index contributed by atoms with van der Waals surface area (Å²) < 4.78 is 18.8. The summed E-state index contributed by atoms with van der Waals surface area (Å²) in [6.07, 6.45) is 0. The average molecular weight is 355 g/mol. The predicted octanol–water partition coefficient (Wildman–Crippen LogP) is 3.74. The summed E-state index contributed by atoms with van der Waals surface area (Å²) in [6, 6.07) is 5.45. The minimum absolute atomic E-state index is 0.136. The molecule has 0 aliphatic carbocycles. The number of hydrogen-bond donors (Lipinski definition) is 2. The van der Waals surface area contributed by atoms with Gasteiger partial charge < -0.3 is 15.2 Å². The number of carbonyl (C=O) groups excluding carboxylic acids is 1. The van der Waals surface area contributed by atoms with Gasteiger partial charge in [0.2, 0.25) is 0 Å². The number of ether oxygens (including phenoxy) is 1. The maximum Gasteiger partial charge on any atom is 0.295 e. The van der Waals surface area contributed by atoms with E-state index in [1.807, 2.05) is 0 Å². The van der Waals surface area contributed by atoms with Gasteiger partial charge in [-0.15, -0.1) is 0 Å². The molecule has 0 aliphatic rings. The number of hydrogen-bond acceptors (Lipinski definition) is 5. The zero-order chi connectivity index (χ0) is 17.9. The molecule has 2 aromatic rings. The van der Waals surface area contributed by atoms with Crippen LogP contribution in [0.1, 0.15) is 17.3 Å². The van der Waals surface area contributed by atoms with Crippen LogP contribution in [0.15, 0.2) is 30.3 Å². The van der Waals surface area contributed by atoms with Crippen LogP contribution >= 0.6 is 11.6 Å². The van der Waals surface area contributed by atoms with Gasteiger partial charge in [0.15, 0.2) is 11.6 Å². The van der Waals surface area contributed by atoms with E-state index in [9.17, 15) is 24.4 Å². The molecule has 0 saturated heterocycles. The summed E-state index contributed by atoms with van der Waals surface area (Å²) in [5.74, 6) is -2.36. The van der Waals surface area contributed by atoms with Crippen molar-refractivity contribution in [3.05, 3.63) is 56.8 Å². The van der Waals surface area contributed by atoms with Gasteiger partial charge in [-0.1, -0.05) is 11.6 Å². The van der Waals surface area contributed by atoms with Crippen molar-refractivity contribution in [3.63, 3.8) is 0 Å². The fraction of sp³-hybridized carbons (Fsp3) is 0.133. The zero-order valence-corrected chi connectivity index (χ0v) is 13.1. The number of nitrogens with zero attached hydrogens (tertiary/aromatic N) is 1. The molecule has 2 rings (SSSR count). The van der Waals surface area contributed by atoms with Crippen molar-refractivity contribution >= 4 is 28.9 Å². The summed E-state index contributed by atoms with van der Waals surface area (Å²) in [4.78, 5) is 22.4.